The Balaban J connectivity index is 2.64. The molecule has 14 heavy (non-hydrogen) atoms. The second kappa shape index (κ2) is 3.64. The van der Waals surface area contributed by atoms with E-state index in [1.807, 2.05) is 24.3 Å². The van der Waals surface area contributed by atoms with Gasteiger partial charge in [-0.25, -0.2) is 0 Å². The monoisotopic (exact) mass is 252 g/mol. The molecule has 68 valence electrons. The minimum atomic E-state index is -0.598. The predicted octanol–water partition coefficient (Wildman–Crippen LogP) is 1.74. The summed E-state index contributed by atoms with van der Waals surface area (Å²) in [7, 11) is 0. The number of azide groups is 1. The maximum atomic E-state index is 11.3. The number of carbonyl (C=O) groups excluding carboxylic acids is 1. The first-order chi connectivity index (χ1) is 6.83. The van der Waals surface area contributed by atoms with Gasteiger partial charge in [-0.05, 0) is 0 Å². The summed E-state index contributed by atoms with van der Waals surface area (Å²) in [6, 6.07) is 7.47. The Morgan fingerprint density at radius 1 is 1.50 bits per heavy atom. The van der Waals surface area contributed by atoms with Gasteiger partial charge in [0.05, 0.1) is 0 Å². The number of fused-ring (bicyclic) bond motifs is 1. The molecule has 5 nitrogen and oxygen atoms in total. The first-order valence-electron chi connectivity index (χ1n) is 3.77. The zero-order chi connectivity index (χ0) is 9.97. The normalized spacial score (nSPS) is 9.71. The Labute approximate surface area is 85.0 Å². The van der Waals surface area contributed by atoms with Crippen LogP contribution >= 0.6 is 0 Å². The third-order valence-corrected chi connectivity index (χ3v) is 3.45. The molecule has 0 atom stereocenters. The zero-order valence-corrected chi connectivity index (χ0v) is 8.63. The van der Waals surface area contributed by atoms with Crippen LogP contribution in [0.2, 0.25) is 0 Å². The standard InChI is InChI=1S/C8H4N4OSe/c9-12-10-8(13)7-5-3-1-2-4-6(5)14-11-7/h1-4H. The number of carbonyl (C=O) groups is 1. The van der Waals surface area contributed by atoms with E-state index in [2.05, 4.69) is 14.0 Å². The number of amides is 1. The van der Waals surface area contributed by atoms with E-state index in [4.69, 9.17) is 5.53 Å². The molecule has 0 radical (unpaired) electrons. The van der Waals surface area contributed by atoms with E-state index >= 15 is 0 Å². The second-order valence-corrected chi connectivity index (χ2v) is 4.21. The van der Waals surface area contributed by atoms with Crippen molar-refractivity contribution in [1.82, 2.24) is 3.98 Å². The van der Waals surface area contributed by atoms with Gasteiger partial charge in [0.2, 0.25) is 0 Å². The molecule has 0 saturated heterocycles. The van der Waals surface area contributed by atoms with Gasteiger partial charge in [-0.1, -0.05) is 0 Å². The van der Waals surface area contributed by atoms with Crippen LogP contribution in [0.3, 0.4) is 0 Å². The van der Waals surface area contributed by atoms with Gasteiger partial charge in [0.1, 0.15) is 0 Å². The summed E-state index contributed by atoms with van der Waals surface area (Å²) in [6.07, 6.45) is 0. The average Bonchev–Trinajstić information content (AvgIpc) is 2.61. The Kier molecular flexibility index (Phi) is 2.33. The van der Waals surface area contributed by atoms with Crippen molar-refractivity contribution >= 4 is 30.3 Å². The molecule has 2 aromatic rings. The summed E-state index contributed by atoms with van der Waals surface area (Å²) < 4.78 is 5.14. The molecule has 0 aliphatic heterocycles. The van der Waals surface area contributed by atoms with E-state index in [0.29, 0.717) is 5.69 Å². The molecule has 1 aromatic carbocycles. The van der Waals surface area contributed by atoms with E-state index in [-0.39, 0.29) is 14.7 Å². The number of hydrogen-bond donors (Lipinski definition) is 0. The van der Waals surface area contributed by atoms with Crippen molar-refractivity contribution in [1.29, 1.82) is 0 Å². The van der Waals surface area contributed by atoms with Gasteiger partial charge in [0.25, 0.3) is 0 Å². The number of nitrogens with zero attached hydrogens (tertiary/aromatic N) is 4. The molecule has 0 bridgehead atoms. The van der Waals surface area contributed by atoms with Crippen LogP contribution < -0.4 is 0 Å². The molecular formula is C8H4N4OSe. The van der Waals surface area contributed by atoms with E-state index in [9.17, 15) is 4.79 Å². The van der Waals surface area contributed by atoms with Crippen molar-refractivity contribution in [3.63, 3.8) is 0 Å². The molecule has 0 N–H and O–H groups in total. The van der Waals surface area contributed by atoms with E-state index in [1.165, 1.54) is 0 Å². The number of benzene rings is 1. The van der Waals surface area contributed by atoms with Crippen LogP contribution in [0.5, 0.6) is 0 Å². The zero-order valence-electron chi connectivity index (χ0n) is 6.91. The fourth-order valence-corrected chi connectivity index (χ4v) is 2.74. The Hall–Kier alpha value is -1.61. The molecule has 6 heteroatoms. The van der Waals surface area contributed by atoms with Gasteiger partial charge in [-0.15, -0.1) is 0 Å². The summed E-state index contributed by atoms with van der Waals surface area (Å²) in [6.45, 7) is 0. The molecule has 1 amide bonds. The molecule has 0 fully saturated rings. The van der Waals surface area contributed by atoms with Crippen LogP contribution in [0.1, 0.15) is 10.5 Å². The molecule has 0 aliphatic carbocycles. The predicted molar refractivity (Wildman–Crippen MR) is 52.2 cm³/mol. The minimum absolute atomic E-state index is 0.0629. The molecule has 0 unspecified atom stereocenters. The third kappa shape index (κ3) is 1.42. The number of aromatic nitrogens is 1. The molecule has 0 aliphatic rings. The molecule has 1 aromatic heterocycles. The number of hydrogen-bond acceptors (Lipinski definition) is 2. The van der Waals surface area contributed by atoms with Crippen molar-refractivity contribution in [2.45, 2.75) is 0 Å². The van der Waals surface area contributed by atoms with Crippen molar-refractivity contribution in [2.24, 2.45) is 5.11 Å². The van der Waals surface area contributed by atoms with Crippen LogP contribution in [-0.4, -0.2) is 24.6 Å². The van der Waals surface area contributed by atoms with Crippen LogP contribution in [0.15, 0.2) is 29.4 Å². The summed E-state index contributed by atoms with van der Waals surface area (Å²) in [5, 5.41) is 3.82. The third-order valence-electron chi connectivity index (χ3n) is 1.72. The fourth-order valence-electron chi connectivity index (χ4n) is 1.13. The van der Waals surface area contributed by atoms with Crippen LogP contribution in [0.25, 0.3) is 20.1 Å². The van der Waals surface area contributed by atoms with Gasteiger partial charge in [-0.2, -0.15) is 0 Å². The molecule has 0 spiro atoms. The molecule has 1 heterocycles. The molecule has 2 rings (SSSR count). The van der Waals surface area contributed by atoms with Gasteiger partial charge in [0, 0.05) is 0 Å². The van der Waals surface area contributed by atoms with Crippen molar-refractivity contribution < 1.29 is 4.79 Å². The quantitative estimate of drug-likeness (QED) is 0.335. The molecule has 0 saturated carbocycles. The van der Waals surface area contributed by atoms with Gasteiger partial charge in [-0.3, -0.25) is 0 Å². The fraction of sp³-hybridized carbons (Fsp3) is 0. The van der Waals surface area contributed by atoms with Crippen molar-refractivity contribution in [2.75, 3.05) is 0 Å². The molecular weight excluding hydrogens is 247 g/mol. The van der Waals surface area contributed by atoms with Crippen LogP contribution in [0, 0.1) is 0 Å². The summed E-state index contributed by atoms with van der Waals surface area (Å²) in [4.78, 5) is 13.7. The SMILES string of the molecule is [N-]=[N+]=NC(=O)c1n[se]c2ccccc12. The van der Waals surface area contributed by atoms with Crippen LogP contribution in [0.4, 0.5) is 0 Å². The summed E-state index contributed by atoms with van der Waals surface area (Å²) >= 11 is -0.0629. The Bertz CT molecular complexity index is 541. The van der Waals surface area contributed by atoms with E-state index in [0.717, 1.165) is 9.65 Å². The van der Waals surface area contributed by atoms with Crippen molar-refractivity contribution in [3.05, 3.63) is 40.4 Å². The van der Waals surface area contributed by atoms with Gasteiger partial charge in [0.15, 0.2) is 0 Å². The van der Waals surface area contributed by atoms with E-state index < -0.39 is 5.91 Å². The Morgan fingerprint density at radius 2 is 2.29 bits per heavy atom. The van der Waals surface area contributed by atoms with Crippen LogP contribution in [-0.2, 0) is 0 Å². The van der Waals surface area contributed by atoms with Crippen molar-refractivity contribution in [3.8, 4) is 0 Å². The Morgan fingerprint density at radius 3 is 3.07 bits per heavy atom. The maximum absolute atomic E-state index is 11.3. The first kappa shape index (κ1) is 8.96. The second-order valence-electron chi connectivity index (χ2n) is 2.52. The number of rotatable bonds is 1. The first-order valence-corrected chi connectivity index (χ1v) is 5.39. The topological polar surface area (TPSA) is 78.7 Å². The van der Waals surface area contributed by atoms with E-state index in [1.54, 1.807) is 0 Å². The van der Waals surface area contributed by atoms with Gasteiger partial charge >= 0.3 is 84.6 Å². The average molecular weight is 251 g/mol. The summed E-state index contributed by atoms with van der Waals surface area (Å²) in [5.74, 6) is -0.598. The van der Waals surface area contributed by atoms with Gasteiger partial charge < -0.3 is 0 Å². The summed E-state index contributed by atoms with van der Waals surface area (Å²) in [5.41, 5.74) is 8.42.